The van der Waals surface area contributed by atoms with Crippen molar-refractivity contribution in [2.75, 3.05) is 12.4 Å². The zero-order valence-corrected chi connectivity index (χ0v) is 12.2. The number of methoxy groups -OCH3 is 1. The number of esters is 1. The summed E-state index contributed by atoms with van der Waals surface area (Å²) >= 11 is 0. The molecule has 20 heavy (non-hydrogen) atoms. The molecule has 0 heterocycles. The Labute approximate surface area is 118 Å². The van der Waals surface area contributed by atoms with Gasteiger partial charge in [0.2, 0.25) is 0 Å². The van der Waals surface area contributed by atoms with Crippen molar-refractivity contribution in [2.45, 2.75) is 33.2 Å². The van der Waals surface area contributed by atoms with Gasteiger partial charge in [-0.3, -0.25) is 10.1 Å². The largest absolute Gasteiger partial charge is 0.467 e. The number of hydrogen-bond acceptors (Lipinski definition) is 5. The van der Waals surface area contributed by atoms with Gasteiger partial charge >= 0.3 is 5.97 Å². The quantitative estimate of drug-likeness (QED) is 0.492. The molecule has 0 aliphatic rings. The number of carbonyl (C=O) groups is 1. The maximum atomic E-state index is 11.7. The summed E-state index contributed by atoms with van der Waals surface area (Å²) in [5.74, 6) is -0.0135. The molecule has 0 aliphatic heterocycles. The molecule has 6 nitrogen and oxygen atoms in total. The minimum absolute atomic E-state index is 0.0639. The van der Waals surface area contributed by atoms with Gasteiger partial charge in [-0.2, -0.15) is 0 Å². The molecule has 0 amide bonds. The van der Waals surface area contributed by atoms with Crippen LogP contribution in [-0.2, 0) is 9.53 Å². The Balaban J connectivity index is 2.91. The normalized spacial score (nSPS) is 12.1. The predicted molar refractivity (Wildman–Crippen MR) is 76.7 cm³/mol. The minimum Gasteiger partial charge on any atom is -0.467 e. The second kappa shape index (κ2) is 6.88. The molecule has 0 fully saturated rings. The average molecular weight is 280 g/mol. The van der Waals surface area contributed by atoms with E-state index >= 15 is 0 Å². The predicted octanol–water partition coefficient (Wildman–Crippen LogP) is 2.90. The van der Waals surface area contributed by atoms with E-state index in [1.807, 2.05) is 13.8 Å². The molecule has 0 radical (unpaired) electrons. The van der Waals surface area contributed by atoms with Crippen molar-refractivity contribution in [3.8, 4) is 0 Å². The molecule has 6 heteroatoms. The number of aryl methyl sites for hydroxylation is 1. The molecule has 1 rings (SSSR count). The molecule has 0 spiro atoms. The lowest BCUT2D eigenvalue weighted by Crippen LogP contribution is -2.32. The Morgan fingerprint density at radius 2 is 2.10 bits per heavy atom. The number of nitro groups is 1. The molecule has 0 bridgehead atoms. The first-order chi connectivity index (χ1) is 9.35. The molecule has 0 saturated carbocycles. The summed E-state index contributed by atoms with van der Waals surface area (Å²) in [6.45, 7) is 5.69. The van der Waals surface area contributed by atoms with Crippen LogP contribution in [0.4, 0.5) is 11.4 Å². The third-order valence-electron chi connectivity index (χ3n) is 2.93. The number of nitro benzene ring substituents is 1. The highest BCUT2D eigenvalue weighted by Crippen LogP contribution is 2.23. The zero-order valence-electron chi connectivity index (χ0n) is 12.2. The topological polar surface area (TPSA) is 81.5 Å². The van der Waals surface area contributed by atoms with Gasteiger partial charge in [-0.05, 0) is 31.4 Å². The van der Waals surface area contributed by atoms with Crippen molar-refractivity contribution in [1.82, 2.24) is 0 Å². The molecular weight excluding hydrogens is 260 g/mol. The van der Waals surface area contributed by atoms with E-state index in [9.17, 15) is 14.9 Å². The van der Waals surface area contributed by atoms with Crippen LogP contribution in [0.25, 0.3) is 0 Å². The van der Waals surface area contributed by atoms with E-state index in [4.69, 9.17) is 4.74 Å². The van der Waals surface area contributed by atoms with Gasteiger partial charge in [-0.25, -0.2) is 4.79 Å². The Hall–Kier alpha value is -2.11. The van der Waals surface area contributed by atoms with Crippen molar-refractivity contribution in [1.29, 1.82) is 0 Å². The van der Waals surface area contributed by atoms with Gasteiger partial charge in [0.25, 0.3) is 5.69 Å². The number of ether oxygens (including phenoxy) is 1. The fourth-order valence-corrected chi connectivity index (χ4v) is 1.98. The van der Waals surface area contributed by atoms with E-state index in [0.29, 0.717) is 23.6 Å². The molecule has 1 atom stereocenters. The van der Waals surface area contributed by atoms with Gasteiger partial charge < -0.3 is 10.1 Å². The van der Waals surface area contributed by atoms with Crippen molar-refractivity contribution in [3.63, 3.8) is 0 Å². The molecule has 0 saturated heterocycles. The average Bonchev–Trinajstić information content (AvgIpc) is 2.36. The fraction of sp³-hybridized carbons (Fsp3) is 0.500. The van der Waals surface area contributed by atoms with Crippen LogP contribution < -0.4 is 5.32 Å². The zero-order chi connectivity index (χ0) is 15.3. The Morgan fingerprint density at radius 3 is 2.55 bits per heavy atom. The van der Waals surface area contributed by atoms with Crippen molar-refractivity contribution in [3.05, 3.63) is 33.9 Å². The maximum absolute atomic E-state index is 11.7. The molecule has 1 N–H and O–H groups in total. The van der Waals surface area contributed by atoms with Crippen LogP contribution in [0.2, 0.25) is 0 Å². The van der Waals surface area contributed by atoms with E-state index in [-0.39, 0.29) is 11.7 Å². The standard InChI is InChI=1S/C14H20N2O4/c1-9(2)7-12(14(17)20-4)15-11-5-6-13(16(18)19)10(3)8-11/h5-6,8-9,12,15H,7H2,1-4H3. The second-order valence-electron chi connectivity index (χ2n) is 5.11. The lowest BCUT2D eigenvalue weighted by Gasteiger charge is -2.19. The first-order valence-electron chi connectivity index (χ1n) is 6.44. The first kappa shape index (κ1) is 15.9. The van der Waals surface area contributed by atoms with Crippen LogP contribution in [0.3, 0.4) is 0 Å². The number of rotatable bonds is 6. The van der Waals surface area contributed by atoms with E-state index in [0.717, 1.165) is 0 Å². The van der Waals surface area contributed by atoms with Crippen LogP contribution >= 0.6 is 0 Å². The first-order valence-corrected chi connectivity index (χ1v) is 6.44. The summed E-state index contributed by atoms with van der Waals surface area (Å²) in [5, 5.41) is 13.8. The second-order valence-corrected chi connectivity index (χ2v) is 5.11. The molecule has 0 aromatic heterocycles. The summed E-state index contributed by atoms with van der Waals surface area (Å²) in [6, 6.07) is 4.23. The molecule has 1 aromatic rings. The molecular formula is C14H20N2O4. The van der Waals surface area contributed by atoms with E-state index < -0.39 is 11.0 Å². The molecule has 0 aliphatic carbocycles. The smallest absolute Gasteiger partial charge is 0.328 e. The highest BCUT2D eigenvalue weighted by Gasteiger charge is 2.21. The Bertz CT molecular complexity index is 500. The van der Waals surface area contributed by atoms with Gasteiger partial charge in [0.1, 0.15) is 6.04 Å². The van der Waals surface area contributed by atoms with Crippen LogP contribution in [-0.4, -0.2) is 24.0 Å². The lowest BCUT2D eigenvalue weighted by molar-refractivity contribution is -0.385. The number of anilines is 1. The molecule has 110 valence electrons. The van der Waals surface area contributed by atoms with Crippen LogP contribution in [0.5, 0.6) is 0 Å². The monoisotopic (exact) mass is 280 g/mol. The van der Waals surface area contributed by atoms with Crippen molar-refractivity contribution >= 4 is 17.3 Å². The Morgan fingerprint density at radius 1 is 1.45 bits per heavy atom. The summed E-state index contributed by atoms with van der Waals surface area (Å²) in [4.78, 5) is 22.1. The van der Waals surface area contributed by atoms with Gasteiger partial charge in [0.05, 0.1) is 12.0 Å². The summed E-state index contributed by atoms with van der Waals surface area (Å²) in [5.41, 5.74) is 1.28. The maximum Gasteiger partial charge on any atom is 0.328 e. The van der Waals surface area contributed by atoms with Gasteiger partial charge in [0.15, 0.2) is 0 Å². The third-order valence-corrected chi connectivity index (χ3v) is 2.93. The molecule has 1 aromatic carbocycles. The van der Waals surface area contributed by atoms with Crippen molar-refractivity contribution in [2.24, 2.45) is 5.92 Å². The number of nitrogens with zero attached hydrogens (tertiary/aromatic N) is 1. The summed E-state index contributed by atoms with van der Waals surface area (Å²) < 4.78 is 4.77. The summed E-state index contributed by atoms with van der Waals surface area (Å²) in [7, 11) is 1.35. The molecule has 1 unspecified atom stereocenters. The van der Waals surface area contributed by atoms with E-state index in [1.54, 1.807) is 19.1 Å². The van der Waals surface area contributed by atoms with Gasteiger partial charge in [-0.15, -0.1) is 0 Å². The summed E-state index contributed by atoms with van der Waals surface area (Å²) in [6.07, 6.45) is 0.628. The highest BCUT2D eigenvalue weighted by atomic mass is 16.6. The van der Waals surface area contributed by atoms with E-state index in [2.05, 4.69) is 5.32 Å². The number of benzene rings is 1. The highest BCUT2D eigenvalue weighted by molar-refractivity contribution is 5.79. The number of nitrogens with one attached hydrogen (secondary N) is 1. The Kier molecular flexibility index (Phi) is 5.49. The van der Waals surface area contributed by atoms with Gasteiger partial charge in [-0.1, -0.05) is 13.8 Å². The number of hydrogen-bond donors (Lipinski definition) is 1. The van der Waals surface area contributed by atoms with Crippen LogP contribution in [0, 0.1) is 23.0 Å². The third kappa shape index (κ3) is 4.22. The fourth-order valence-electron chi connectivity index (χ4n) is 1.98. The lowest BCUT2D eigenvalue weighted by atomic mass is 10.0. The SMILES string of the molecule is COC(=O)C(CC(C)C)Nc1ccc([N+](=O)[O-])c(C)c1. The number of carbonyl (C=O) groups excluding carboxylic acids is 1. The van der Waals surface area contributed by atoms with Crippen LogP contribution in [0.1, 0.15) is 25.8 Å². The van der Waals surface area contributed by atoms with Crippen LogP contribution in [0.15, 0.2) is 18.2 Å². The van der Waals surface area contributed by atoms with Gasteiger partial charge in [0, 0.05) is 17.3 Å². The van der Waals surface area contributed by atoms with Crippen molar-refractivity contribution < 1.29 is 14.5 Å². The minimum atomic E-state index is -0.458. The van der Waals surface area contributed by atoms with E-state index in [1.165, 1.54) is 13.2 Å².